The lowest BCUT2D eigenvalue weighted by Gasteiger charge is -2.17. The minimum absolute atomic E-state index is 0.192. The molecule has 0 atom stereocenters. The Labute approximate surface area is 149 Å². The molecular formula is C17H18ClN3O2S. The van der Waals surface area contributed by atoms with E-state index in [0.717, 1.165) is 17.7 Å². The van der Waals surface area contributed by atoms with E-state index < -0.39 is 0 Å². The summed E-state index contributed by atoms with van der Waals surface area (Å²) in [4.78, 5) is 6.41. The fraction of sp³-hybridized carbons (Fsp3) is 0.294. The summed E-state index contributed by atoms with van der Waals surface area (Å²) in [5.41, 5.74) is 2.12. The van der Waals surface area contributed by atoms with E-state index in [1.165, 1.54) is 11.3 Å². The summed E-state index contributed by atoms with van der Waals surface area (Å²) in [6.45, 7) is 1.65. The Hall–Kier alpha value is -1.89. The standard InChI is InChI=1S/C17H18ClN3O2S/c1-23-8-4-7-21-9-14(22)15(16(21)19)17-20-13(10-24-17)11-5-2-3-6-12(11)18/h2-3,5-6,10,19,22H,4,7-9H2,1H3. The lowest BCUT2D eigenvalue weighted by Crippen LogP contribution is -2.28. The van der Waals surface area contributed by atoms with Gasteiger partial charge in [0.05, 0.1) is 17.8 Å². The average molecular weight is 364 g/mol. The summed E-state index contributed by atoms with van der Waals surface area (Å²) in [5.74, 6) is 0.501. The normalized spacial score (nSPS) is 14.8. The van der Waals surface area contributed by atoms with Gasteiger partial charge in [0, 0.05) is 36.2 Å². The van der Waals surface area contributed by atoms with Gasteiger partial charge in [0.25, 0.3) is 0 Å². The fourth-order valence-electron chi connectivity index (χ4n) is 2.63. The highest BCUT2D eigenvalue weighted by molar-refractivity contribution is 7.11. The van der Waals surface area contributed by atoms with Crippen LogP contribution in [0.3, 0.4) is 0 Å². The largest absolute Gasteiger partial charge is 0.510 e. The van der Waals surface area contributed by atoms with Crippen LogP contribution in [0.5, 0.6) is 0 Å². The number of rotatable bonds is 6. The number of aliphatic hydroxyl groups is 1. The molecule has 24 heavy (non-hydrogen) atoms. The third-order valence-electron chi connectivity index (χ3n) is 3.83. The Morgan fingerprint density at radius 1 is 1.42 bits per heavy atom. The second-order valence-electron chi connectivity index (χ2n) is 5.46. The van der Waals surface area contributed by atoms with Gasteiger partial charge in [0.1, 0.15) is 16.6 Å². The fourth-order valence-corrected chi connectivity index (χ4v) is 3.75. The van der Waals surface area contributed by atoms with Crippen molar-refractivity contribution in [2.75, 3.05) is 26.8 Å². The smallest absolute Gasteiger partial charge is 0.135 e. The predicted octanol–water partition coefficient (Wildman–Crippen LogP) is 4.06. The molecule has 1 aromatic carbocycles. The maximum absolute atomic E-state index is 10.3. The van der Waals surface area contributed by atoms with Crippen LogP contribution < -0.4 is 0 Å². The van der Waals surface area contributed by atoms with E-state index in [4.69, 9.17) is 21.7 Å². The summed E-state index contributed by atoms with van der Waals surface area (Å²) >= 11 is 7.63. The minimum atomic E-state index is 0.192. The minimum Gasteiger partial charge on any atom is -0.510 e. The van der Waals surface area contributed by atoms with Gasteiger partial charge < -0.3 is 14.7 Å². The molecule has 0 fully saturated rings. The van der Waals surface area contributed by atoms with Gasteiger partial charge in [0.2, 0.25) is 0 Å². The number of hydrogen-bond donors (Lipinski definition) is 2. The zero-order valence-corrected chi connectivity index (χ0v) is 14.8. The number of methoxy groups -OCH3 is 1. The van der Waals surface area contributed by atoms with Crippen molar-refractivity contribution in [3.05, 3.63) is 45.4 Å². The summed E-state index contributed by atoms with van der Waals surface area (Å²) in [7, 11) is 1.66. The van der Waals surface area contributed by atoms with E-state index in [-0.39, 0.29) is 5.76 Å². The number of ether oxygens (including phenoxy) is 1. The van der Waals surface area contributed by atoms with Crippen LogP contribution >= 0.6 is 22.9 Å². The van der Waals surface area contributed by atoms with Crippen LogP contribution in [0.1, 0.15) is 11.4 Å². The molecule has 5 nitrogen and oxygen atoms in total. The number of nitrogens with zero attached hydrogens (tertiary/aromatic N) is 2. The van der Waals surface area contributed by atoms with Crippen molar-refractivity contribution in [2.24, 2.45) is 0 Å². The first-order chi connectivity index (χ1) is 11.6. The average Bonchev–Trinajstić information content (AvgIpc) is 3.13. The molecule has 1 aromatic heterocycles. The molecular weight excluding hydrogens is 346 g/mol. The number of thiazole rings is 1. The number of halogens is 1. The topological polar surface area (TPSA) is 69.4 Å². The van der Waals surface area contributed by atoms with Crippen LogP contribution in [0.25, 0.3) is 16.8 Å². The summed E-state index contributed by atoms with van der Waals surface area (Å²) < 4.78 is 5.04. The Morgan fingerprint density at radius 2 is 2.21 bits per heavy atom. The molecule has 0 saturated heterocycles. The van der Waals surface area contributed by atoms with Crippen molar-refractivity contribution in [2.45, 2.75) is 6.42 Å². The molecule has 0 radical (unpaired) electrons. The van der Waals surface area contributed by atoms with Crippen LogP contribution in [0.2, 0.25) is 5.02 Å². The van der Waals surface area contributed by atoms with E-state index in [2.05, 4.69) is 4.98 Å². The summed E-state index contributed by atoms with van der Waals surface area (Å²) in [5, 5.41) is 21.8. The van der Waals surface area contributed by atoms with Crippen LogP contribution in [-0.4, -0.2) is 47.6 Å². The van der Waals surface area contributed by atoms with E-state index in [0.29, 0.717) is 41.1 Å². The number of aromatic nitrogens is 1. The third kappa shape index (κ3) is 3.31. The second kappa shape index (κ2) is 7.34. The highest BCUT2D eigenvalue weighted by Crippen LogP contribution is 2.34. The lowest BCUT2D eigenvalue weighted by molar-refractivity contribution is 0.186. The van der Waals surface area contributed by atoms with Crippen molar-refractivity contribution in [3.8, 4) is 11.3 Å². The highest BCUT2D eigenvalue weighted by Gasteiger charge is 2.30. The van der Waals surface area contributed by atoms with Gasteiger partial charge in [-0.15, -0.1) is 11.3 Å². The Morgan fingerprint density at radius 3 is 2.96 bits per heavy atom. The van der Waals surface area contributed by atoms with Crippen molar-refractivity contribution >= 4 is 34.3 Å². The second-order valence-corrected chi connectivity index (χ2v) is 6.72. The van der Waals surface area contributed by atoms with Gasteiger partial charge in [0.15, 0.2) is 0 Å². The molecule has 3 rings (SSSR count). The van der Waals surface area contributed by atoms with Gasteiger partial charge in [-0.25, -0.2) is 4.98 Å². The van der Waals surface area contributed by atoms with Gasteiger partial charge in [-0.05, 0) is 12.5 Å². The molecule has 7 heteroatoms. The maximum Gasteiger partial charge on any atom is 0.135 e. The highest BCUT2D eigenvalue weighted by atomic mass is 35.5. The first kappa shape index (κ1) is 17.0. The number of amidine groups is 1. The first-order valence-electron chi connectivity index (χ1n) is 7.57. The van der Waals surface area contributed by atoms with Crippen molar-refractivity contribution in [1.82, 2.24) is 9.88 Å². The quantitative estimate of drug-likeness (QED) is 0.759. The molecule has 126 valence electrons. The molecule has 0 spiro atoms. The van der Waals surface area contributed by atoms with Crippen molar-refractivity contribution < 1.29 is 9.84 Å². The molecule has 2 aromatic rings. The Balaban J connectivity index is 1.81. The maximum atomic E-state index is 10.3. The molecule has 1 aliphatic heterocycles. The summed E-state index contributed by atoms with van der Waals surface area (Å²) in [6, 6.07) is 7.51. The molecule has 0 unspecified atom stereocenters. The van der Waals surface area contributed by atoms with Gasteiger partial charge in [-0.2, -0.15) is 0 Å². The zero-order valence-electron chi connectivity index (χ0n) is 13.3. The van der Waals surface area contributed by atoms with Crippen LogP contribution in [0.15, 0.2) is 35.4 Å². The van der Waals surface area contributed by atoms with Crippen LogP contribution in [-0.2, 0) is 4.74 Å². The van der Waals surface area contributed by atoms with Crippen molar-refractivity contribution in [1.29, 1.82) is 5.41 Å². The van der Waals surface area contributed by atoms with Crippen LogP contribution in [0, 0.1) is 5.41 Å². The molecule has 2 N–H and O–H groups in total. The molecule has 0 bridgehead atoms. The zero-order chi connectivity index (χ0) is 17.1. The SMILES string of the molecule is COCCCN1CC(O)=C(c2nc(-c3ccccc3Cl)cs2)C1=N. The molecule has 2 heterocycles. The predicted molar refractivity (Wildman–Crippen MR) is 97.9 cm³/mol. The first-order valence-corrected chi connectivity index (χ1v) is 8.83. The van der Waals surface area contributed by atoms with E-state index >= 15 is 0 Å². The van der Waals surface area contributed by atoms with Crippen molar-refractivity contribution in [3.63, 3.8) is 0 Å². The molecule has 0 aliphatic carbocycles. The Kier molecular flexibility index (Phi) is 5.18. The molecule has 0 saturated carbocycles. The van der Waals surface area contributed by atoms with E-state index in [9.17, 15) is 5.11 Å². The number of benzene rings is 1. The summed E-state index contributed by atoms with van der Waals surface area (Å²) in [6.07, 6.45) is 0.808. The number of aliphatic hydroxyl groups excluding tert-OH is 1. The van der Waals surface area contributed by atoms with Gasteiger partial charge >= 0.3 is 0 Å². The van der Waals surface area contributed by atoms with Gasteiger partial charge in [-0.1, -0.05) is 29.8 Å². The lowest BCUT2D eigenvalue weighted by atomic mass is 10.2. The monoisotopic (exact) mass is 363 g/mol. The Bertz CT molecular complexity index is 788. The van der Waals surface area contributed by atoms with E-state index in [1.807, 2.05) is 34.5 Å². The number of nitrogens with one attached hydrogen (secondary N) is 1. The third-order valence-corrected chi connectivity index (χ3v) is 5.02. The molecule has 1 aliphatic rings. The number of hydrogen-bond acceptors (Lipinski definition) is 5. The van der Waals surface area contributed by atoms with Crippen LogP contribution in [0.4, 0.5) is 0 Å². The van der Waals surface area contributed by atoms with Gasteiger partial charge in [-0.3, -0.25) is 5.41 Å². The molecule has 0 amide bonds. The van der Waals surface area contributed by atoms with E-state index in [1.54, 1.807) is 7.11 Å².